The van der Waals surface area contributed by atoms with Crippen LogP contribution in [0.3, 0.4) is 0 Å². The topological polar surface area (TPSA) is 328 Å². The molecule has 53 heavy (non-hydrogen) atoms. The molecule has 12 N–H and O–H groups in total. The molecule has 12 unspecified atom stereocenters. The van der Waals surface area contributed by atoms with Crippen LogP contribution in [-0.2, 0) is 18.9 Å². The molecule has 1 aromatic heterocycles. The highest BCUT2D eigenvalue weighted by Crippen LogP contribution is 2.39. The first-order chi connectivity index (χ1) is 25.1. The predicted molar refractivity (Wildman–Crippen MR) is 171 cm³/mol. The van der Waals surface area contributed by atoms with E-state index in [1.54, 1.807) is 0 Å². The average Bonchev–Trinajstić information content (AvgIpc) is 3.13. The highest BCUT2D eigenvalue weighted by molar-refractivity contribution is 5.88. The number of phenols is 2. The number of fused-ring (bicyclic) bond motifs is 1. The molecule has 6 rings (SSSR count). The summed E-state index contributed by atoms with van der Waals surface area (Å²) >= 11 is 0. The van der Waals surface area contributed by atoms with Crippen LogP contribution >= 0.6 is 0 Å². The second-order valence-corrected chi connectivity index (χ2v) is 12.9. The van der Waals surface area contributed by atoms with E-state index in [0.29, 0.717) is 0 Å². The summed E-state index contributed by atoms with van der Waals surface area (Å²) in [6, 6.07) is 7.20. The Kier molecular flexibility index (Phi) is 11.5. The van der Waals surface area contributed by atoms with Gasteiger partial charge < -0.3 is 94.1 Å². The molecule has 0 radical (unpaired) electrons. The lowest BCUT2D eigenvalue weighted by atomic mass is 9.98. The summed E-state index contributed by atoms with van der Waals surface area (Å²) in [4.78, 5) is 14.0. The molecule has 15 atom stereocenters. The van der Waals surface area contributed by atoms with Gasteiger partial charge in [0.1, 0.15) is 95.4 Å². The number of aliphatic hydroxyl groups excluding tert-OH is 10. The molecule has 3 aromatic rings. The normalized spacial score (nSPS) is 37.8. The first-order valence-corrected chi connectivity index (χ1v) is 16.4. The van der Waals surface area contributed by atoms with Gasteiger partial charge in [-0.15, -0.1) is 0 Å². The van der Waals surface area contributed by atoms with Crippen LogP contribution in [0.2, 0.25) is 0 Å². The highest BCUT2D eigenvalue weighted by Gasteiger charge is 2.48. The predicted octanol–water partition coefficient (Wildman–Crippen LogP) is -3.92. The van der Waals surface area contributed by atoms with Gasteiger partial charge in [-0.05, 0) is 31.2 Å². The van der Waals surface area contributed by atoms with Crippen LogP contribution in [0.15, 0.2) is 45.6 Å². The zero-order valence-corrected chi connectivity index (χ0v) is 27.7. The Bertz CT molecular complexity index is 1780. The Morgan fingerprint density at radius 2 is 1.23 bits per heavy atom. The van der Waals surface area contributed by atoms with Crippen molar-refractivity contribution in [2.24, 2.45) is 0 Å². The van der Waals surface area contributed by atoms with Crippen LogP contribution in [0.1, 0.15) is 6.92 Å². The molecule has 3 saturated heterocycles. The number of benzene rings is 2. The Morgan fingerprint density at radius 1 is 0.660 bits per heavy atom. The first-order valence-electron chi connectivity index (χ1n) is 16.4. The Balaban J connectivity index is 1.32. The lowest BCUT2D eigenvalue weighted by molar-refractivity contribution is -0.318. The van der Waals surface area contributed by atoms with Gasteiger partial charge in [0, 0.05) is 17.7 Å². The number of phenolic OH excluding ortho intramolecular Hbond substituents is 2. The molecular formula is C33H40O20. The summed E-state index contributed by atoms with van der Waals surface area (Å²) < 4.78 is 39.3. The summed E-state index contributed by atoms with van der Waals surface area (Å²) in [6.07, 6.45) is -24.7. The standard InChI is InChI=1S/C33H40O20/c1-10-19(37)23(41)26(44)31(48-10)47-9-17-21(39)25(43)28(46)33(52-17)53-30-22(40)18-14(36)6-13(49-32-27(45)24(42)20(38)16(8-34)51-32)7-15(18)50-29(30)11-2-4-12(35)5-3-11/h2-7,10,16-17,19-21,23-28,31-39,41-46H,8-9H2,1H3/t10?,16?,17?,19?,20-,21?,23?,24+,25?,26?,27?,28?,31?,32-,33?/m0/s1. The van der Waals surface area contributed by atoms with E-state index in [1.165, 1.54) is 31.2 Å². The summed E-state index contributed by atoms with van der Waals surface area (Å²) in [5, 5.41) is 123. The molecule has 2 aromatic carbocycles. The number of aliphatic hydroxyl groups is 10. The van der Waals surface area contributed by atoms with E-state index in [-0.39, 0.29) is 28.4 Å². The number of rotatable bonds is 9. The third-order valence-electron chi connectivity index (χ3n) is 9.27. The minimum atomic E-state index is -2.00. The van der Waals surface area contributed by atoms with E-state index < -0.39 is 128 Å². The molecule has 0 spiro atoms. The van der Waals surface area contributed by atoms with E-state index in [4.69, 9.17) is 32.8 Å². The minimum Gasteiger partial charge on any atom is -0.508 e. The highest BCUT2D eigenvalue weighted by atomic mass is 16.7. The van der Waals surface area contributed by atoms with Crippen molar-refractivity contribution in [2.45, 2.75) is 99.0 Å². The van der Waals surface area contributed by atoms with Crippen molar-refractivity contribution in [3.8, 4) is 34.3 Å². The van der Waals surface area contributed by atoms with Crippen molar-refractivity contribution >= 4 is 11.0 Å². The smallest absolute Gasteiger partial charge is 0.239 e. The fraction of sp³-hybridized carbons (Fsp3) is 0.545. The Hall–Kier alpha value is -3.71. The molecule has 0 bridgehead atoms. The Morgan fingerprint density at radius 3 is 1.87 bits per heavy atom. The summed E-state index contributed by atoms with van der Waals surface area (Å²) in [5.41, 5.74) is -1.26. The molecule has 3 aliphatic heterocycles. The van der Waals surface area contributed by atoms with E-state index in [2.05, 4.69) is 0 Å². The third-order valence-corrected chi connectivity index (χ3v) is 9.27. The quantitative estimate of drug-likeness (QED) is 0.0992. The molecule has 0 amide bonds. The minimum absolute atomic E-state index is 0.112. The van der Waals surface area contributed by atoms with E-state index >= 15 is 0 Å². The molecule has 292 valence electrons. The molecule has 0 saturated carbocycles. The molecular weight excluding hydrogens is 716 g/mol. The fourth-order valence-electron chi connectivity index (χ4n) is 6.14. The van der Waals surface area contributed by atoms with Crippen LogP contribution in [0.25, 0.3) is 22.3 Å². The molecule has 3 fully saturated rings. The fourth-order valence-corrected chi connectivity index (χ4v) is 6.14. The van der Waals surface area contributed by atoms with Gasteiger partial charge in [-0.3, -0.25) is 4.79 Å². The molecule has 0 aliphatic carbocycles. The van der Waals surface area contributed by atoms with E-state index in [0.717, 1.165) is 12.1 Å². The van der Waals surface area contributed by atoms with Crippen molar-refractivity contribution in [1.29, 1.82) is 0 Å². The number of ether oxygens (including phenoxy) is 6. The first kappa shape index (κ1) is 39.0. The van der Waals surface area contributed by atoms with Crippen molar-refractivity contribution in [3.63, 3.8) is 0 Å². The molecule has 3 aliphatic rings. The van der Waals surface area contributed by atoms with Gasteiger partial charge in [-0.1, -0.05) is 0 Å². The zero-order chi connectivity index (χ0) is 38.5. The summed E-state index contributed by atoms with van der Waals surface area (Å²) in [6.45, 7) is 0.0485. The van der Waals surface area contributed by atoms with Gasteiger partial charge in [0.2, 0.25) is 23.8 Å². The largest absolute Gasteiger partial charge is 0.508 e. The maximum Gasteiger partial charge on any atom is 0.239 e. The van der Waals surface area contributed by atoms with Gasteiger partial charge in [-0.25, -0.2) is 0 Å². The third kappa shape index (κ3) is 7.52. The summed E-state index contributed by atoms with van der Waals surface area (Å²) in [7, 11) is 0. The van der Waals surface area contributed by atoms with Gasteiger partial charge >= 0.3 is 0 Å². The lowest BCUT2D eigenvalue weighted by Gasteiger charge is -2.42. The van der Waals surface area contributed by atoms with Gasteiger partial charge in [0.05, 0.1) is 19.3 Å². The average molecular weight is 757 g/mol. The van der Waals surface area contributed by atoms with Crippen molar-refractivity contribution in [2.75, 3.05) is 13.2 Å². The van der Waals surface area contributed by atoms with Crippen LogP contribution in [0.4, 0.5) is 0 Å². The number of hydrogen-bond acceptors (Lipinski definition) is 20. The van der Waals surface area contributed by atoms with Crippen molar-refractivity contribution < 1.29 is 94.1 Å². The number of hydrogen-bond donors (Lipinski definition) is 12. The molecule has 4 heterocycles. The summed E-state index contributed by atoms with van der Waals surface area (Å²) in [5.74, 6) is -2.21. The van der Waals surface area contributed by atoms with Crippen LogP contribution in [-0.4, -0.2) is 167 Å². The number of aromatic hydroxyl groups is 2. The molecule has 20 heteroatoms. The zero-order valence-electron chi connectivity index (χ0n) is 27.7. The SMILES string of the molecule is CC1OC(OCC2OC(Oc3c(-c4ccc(O)cc4)oc4cc(O[C@H]5OC(CO)[C@H](O)[C@@H](O)C5O)cc(O)c4c3=O)C(O)C(O)C2O)C(O)C(O)C1O. The maximum atomic E-state index is 14.0. The van der Waals surface area contributed by atoms with E-state index in [9.17, 15) is 66.1 Å². The Labute approximate surface area is 298 Å². The van der Waals surface area contributed by atoms with Crippen molar-refractivity contribution in [1.82, 2.24) is 0 Å². The molecule has 20 nitrogen and oxygen atoms in total. The van der Waals surface area contributed by atoms with Crippen LogP contribution in [0.5, 0.6) is 23.0 Å². The second kappa shape index (κ2) is 15.6. The monoisotopic (exact) mass is 756 g/mol. The van der Waals surface area contributed by atoms with Gasteiger partial charge in [0.15, 0.2) is 12.1 Å². The van der Waals surface area contributed by atoms with Crippen LogP contribution < -0.4 is 14.9 Å². The van der Waals surface area contributed by atoms with Gasteiger partial charge in [-0.2, -0.15) is 0 Å². The second-order valence-electron chi connectivity index (χ2n) is 12.9. The van der Waals surface area contributed by atoms with Crippen LogP contribution in [0, 0.1) is 0 Å². The lowest BCUT2D eigenvalue weighted by Crippen LogP contribution is -2.61. The van der Waals surface area contributed by atoms with Crippen molar-refractivity contribution in [3.05, 3.63) is 46.6 Å². The maximum absolute atomic E-state index is 14.0. The van der Waals surface area contributed by atoms with E-state index in [1.807, 2.05) is 0 Å². The van der Waals surface area contributed by atoms with Gasteiger partial charge in [0.25, 0.3) is 0 Å².